The topological polar surface area (TPSA) is 93.1 Å². The maximum atomic E-state index is 12.8. The molecule has 0 bridgehead atoms. The average Bonchev–Trinajstić information content (AvgIpc) is 2.61. The van der Waals surface area contributed by atoms with Crippen LogP contribution in [0.5, 0.6) is 5.75 Å². The molecule has 0 radical (unpaired) electrons. The van der Waals surface area contributed by atoms with Crippen molar-refractivity contribution < 1.29 is 29.0 Å². The van der Waals surface area contributed by atoms with E-state index in [1.165, 1.54) is 7.11 Å². The Morgan fingerprint density at radius 2 is 1.88 bits per heavy atom. The first-order valence-electron chi connectivity index (χ1n) is 7.84. The first kappa shape index (κ1) is 17.8. The number of hydrogen-bond acceptors (Lipinski definition) is 5. The second-order valence-electron chi connectivity index (χ2n) is 5.53. The molecule has 1 saturated heterocycles. The molecule has 1 heterocycles. The predicted molar refractivity (Wildman–Crippen MR) is 84.9 cm³/mol. The minimum Gasteiger partial charge on any atom is -0.497 e. The number of ether oxygens (including phenoxy) is 2. The van der Waals surface area contributed by atoms with Gasteiger partial charge in [-0.05, 0) is 50.5 Å². The van der Waals surface area contributed by atoms with E-state index < -0.39 is 23.4 Å². The van der Waals surface area contributed by atoms with Crippen LogP contribution in [0.3, 0.4) is 0 Å². The number of carbonyl (C=O) groups excluding carboxylic acids is 2. The number of hydrogen-bond donors (Lipinski definition) is 1. The molecule has 0 aromatic heterocycles. The highest BCUT2D eigenvalue weighted by atomic mass is 16.5. The molecule has 1 fully saturated rings. The largest absolute Gasteiger partial charge is 0.497 e. The highest BCUT2D eigenvalue weighted by Crippen LogP contribution is 2.32. The monoisotopic (exact) mass is 335 g/mol. The van der Waals surface area contributed by atoms with Crippen LogP contribution < -0.4 is 4.74 Å². The van der Waals surface area contributed by atoms with E-state index >= 15 is 0 Å². The predicted octanol–water partition coefficient (Wildman–Crippen LogP) is 1.71. The lowest BCUT2D eigenvalue weighted by Gasteiger charge is -2.41. The molecule has 1 atom stereocenters. The smallest absolute Gasteiger partial charge is 0.343 e. The minimum absolute atomic E-state index is 0.0447. The number of carboxylic acid groups (broad SMARTS) is 1. The maximum Gasteiger partial charge on any atom is 0.343 e. The van der Waals surface area contributed by atoms with Gasteiger partial charge >= 0.3 is 11.9 Å². The third-order valence-electron chi connectivity index (χ3n) is 4.18. The summed E-state index contributed by atoms with van der Waals surface area (Å²) in [7, 11) is 1.51. The fourth-order valence-corrected chi connectivity index (χ4v) is 2.91. The fourth-order valence-electron chi connectivity index (χ4n) is 2.91. The zero-order chi connectivity index (χ0) is 17.7. The van der Waals surface area contributed by atoms with Crippen LogP contribution in [0.25, 0.3) is 0 Å². The molecular weight excluding hydrogens is 314 g/mol. The molecule has 1 amide bonds. The van der Waals surface area contributed by atoms with Crippen LogP contribution in [0.15, 0.2) is 24.3 Å². The minimum atomic E-state index is -1.97. The SMILES string of the molecule is CCOC(=O)[C@@]1(C(=O)O)CCCCN1C(=O)c1ccc(OC)cc1. The lowest BCUT2D eigenvalue weighted by atomic mass is 9.85. The molecule has 1 aliphatic rings. The molecular formula is C17H21NO6. The van der Waals surface area contributed by atoms with Gasteiger partial charge in [0.1, 0.15) is 5.75 Å². The summed E-state index contributed by atoms with van der Waals surface area (Å²) < 4.78 is 10.0. The van der Waals surface area contributed by atoms with E-state index in [4.69, 9.17) is 9.47 Å². The van der Waals surface area contributed by atoms with Crippen LogP contribution in [0.2, 0.25) is 0 Å². The van der Waals surface area contributed by atoms with Gasteiger partial charge in [-0.15, -0.1) is 0 Å². The average molecular weight is 335 g/mol. The Balaban J connectivity index is 2.40. The Morgan fingerprint density at radius 1 is 1.21 bits per heavy atom. The number of carbonyl (C=O) groups is 3. The number of amides is 1. The number of rotatable bonds is 5. The van der Waals surface area contributed by atoms with E-state index in [1.54, 1.807) is 31.2 Å². The third-order valence-corrected chi connectivity index (χ3v) is 4.18. The van der Waals surface area contributed by atoms with Crippen LogP contribution in [0.4, 0.5) is 0 Å². The first-order valence-corrected chi connectivity index (χ1v) is 7.84. The molecule has 0 aliphatic carbocycles. The molecule has 24 heavy (non-hydrogen) atoms. The summed E-state index contributed by atoms with van der Waals surface area (Å²) >= 11 is 0. The number of likely N-dealkylation sites (tertiary alicyclic amines) is 1. The van der Waals surface area contributed by atoms with Gasteiger partial charge in [-0.1, -0.05) is 0 Å². The molecule has 7 heteroatoms. The van der Waals surface area contributed by atoms with Gasteiger partial charge in [0, 0.05) is 12.1 Å². The normalized spacial score (nSPS) is 20.3. The molecule has 7 nitrogen and oxygen atoms in total. The highest BCUT2D eigenvalue weighted by Gasteiger charge is 2.55. The number of aliphatic carboxylic acids is 1. The number of methoxy groups -OCH3 is 1. The molecule has 130 valence electrons. The van der Waals surface area contributed by atoms with Crippen molar-refractivity contribution in [2.24, 2.45) is 0 Å². The van der Waals surface area contributed by atoms with Crippen molar-refractivity contribution in [3.05, 3.63) is 29.8 Å². The number of esters is 1. The molecule has 1 aromatic carbocycles. The van der Waals surface area contributed by atoms with Crippen molar-refractivity contribution in [3.63, 3.8) is 0 Å². The van der Waals surface area contributed by atoms with E-state index in [9.17, 15) is 19.5 Å². The second-order valence-corrected chi connectivity index (χ2v) is 5.53. The van der Waals surface area contributed by atoms with Gasteiger partial charge in [0.2, 0.25) is 5.54 Å². The van der Waals surface area contributed by atoms with E-state index in [2.05, 4.69) is 0 Å². The van der Waals surface area contributed by atoms with Crippen molar-refractivity contribution in [2.75, 3.05) is 20.3 Å². The van der Waals surface area contributed by atoms with Crippen molar-refractivity contribution in [1.82, 2.24) is 4.90 Å². The lowest BCUT2D eigenvalue weighted by molar-refractivity contribution is -0.172. The quantitative estimate of drug-likeness (QED) is 0.650. The summed E-state index contributed by atoms with van der Waals surface area (Å²) in [5.41, 5.74) is -1.67. The summed E-state index contributed by atoms with van der Waals surface area (Å²) in [5.74, 6) is -2.17. The Morgan fingerprint density at radius 3 is 2.42 bits per heavy atom. The summed E-state index contributed by atoms with van der Waals surface area (Å²) in [6.07, 6.45) is 1.22. The Bertz CT molecular complexity index is 626. The molecule has 0 unspecified atom stereocenters. The Kier molecular flexibility index (Phi) is 5.43. The van der Waals surface area contributed by atoms with Crippen LogP contribution in [0, 0.1) is 0 Å². The van der Waals surface area contributed by atoms with Crippen molar-refractivity contribution in [1.29, 1.82) is 0 Å². The molecule has 0 saturated carbocycles. The molecule has 0 spiro atoms. The zero-order valence-corrected chi connectivity index (χ0v) is 13.8. The van der Waals surface area contributed by atoms with Crippen molar-refractivity contribution in [2.45, 2.75) is 31.7 Å². The van der Waals surface area contributed by atoms with Gasteiger partial charge in [-0.2, -0.15) is 0 Å². The first-order chi connectivity index (χ1) is 11.5. The molecule has 1 aromatic rings. The lowest BCUT2D eigenvalue weighted by Crippen LogP contribution is -2.64. The van der Waals surface area contributed by atoms with Gasteiger partial charge in [0.25, 0.3) is 5.91 Å². The van der Waals surface area contributed by atoms with E-state index in [-0.39, 0.29) is 19.6 Å². The number of carboxylic acids is 1. The Labute approximate surface area is 140 Å². The highest BCUT2D eigenvalue weighted by molar-refractivity contribution is 6.09. The molecule has 2 rings (SSSR count). The van der Waals surface area contributed by atoms with Gasteiger partial charge in [-0.3, -0.25) is 4.79 Å². The van der Waals surface area contributed by atoms with Crippen LogP contribution in [-0.4, -0.2) is 53.7 Å². The maximum absolute atomic E-state index is 12.8. The van der Waals surface area contributed by atoms with Crippen LogP contribution in [0.1, 0.15) is 36.5 Å². The molecule has 1 aliphatic heterocycles. The number of benzene rings is 1. The zero-order valence-electron chi connectivity index (χ0n) is 13.8. The second kappa shape index (κ2) is 7.33. The summed E-state index contributed by atoms with van der Waals surface area (Å²) in [5, 5.41) is 9.72. The van der Waals surface area contributed by atoms with Crippen LogP contribution in [-0.2, 0) is 14.3 Å². The number of piperidine rings is 1. The fraction of sp³-hybridized carbons (Fsp3) is 0.471. The number of nitrogens with zero attached hydrogens (tertiary/aromatic N) is 1. The third kappa shape index (κ3) is 3.06. The molecule has 1 N–H and O–H groups in total. The Hall–Kier alpha value is -2.57. The van der Waals surface area contributed by atoms with Crippen molar-refractivity contribution in [3.8, 4) is 5.75 Å². The van der Waals surface area contributed by atoms with Gasteiger partial charge < -0.3 is 19.5 Å². The van der Waals surface area contributed by atoms with Gasteiger partial charge in [0.15, 0.2) is 0 Å². The van der Waals surface area contributed by atoms with E-state index in [0.717, 1.165) is 4.90 Å². The standard InChI is InChI=1S/C17H21NO6/c1-3-24-16(22)17(15(20)21)10-4-5-11-18(17)14(19)12-6-8-13(23-2)9-7-12/h6-9H,3-5,10-11H2,1-2H3,(H,20,21)/t17-/m0/s1. The summed E-state index contributed by atoms with van der Waals surface area (Å²) in [6, 6.07) is 6.33. The van der Waals surface area contributed by atoms with Crippen LogP contribution >= 0.6 is 0 Å². The van der Waals surface area contributed by atoms with E-state index in [0.29, 0.717) is 24.2 Å². The summed E-state index contributed by atoms with van der Waals surface area (Å²) in [6.45, 7) is 1.85. The van der Waals surface area contributed by atoms with Gasteiger partial charge in [-0.25, -0.2) is 9.59 Å². The van der Waals surface area contributed by atoms with Gasteiger partial charge in [0.05, 0.1) is 13.7 Å². The summed E-state index contributed by atoms with van der Waals surface area (Å²) in [4.78, 5) is 38.3. The van der Waals surface area contributed by atoms with Crippen molar-refractivity contribution >= 4 is 17.8 Å². The van der Waals surface area contributed by atoms with E-state index in [1.807, 2.05) is 0 Å².